The summed E-state index contributed by atoms with van der Waals surface area (Å²) >= 11 is 0. The topological polar surface area (TPSA) is 25.8 Å². The van der Waals surface area contributed by atoms with Crippen molar-refractivity contribution in [2.45, 2.75) is 0 Å². The third kappa shape index (κ3) is 2.89. The van der Waals surface area contributed by atoms with Crippen molar-refractivity contribution in [1.82, 2.24) is 9.97 Å². The van der Waals surface area contributed by atoms with Crippen LogP contribution in [0.15, 0.2) is 122 Å². The molecular weight excluding hydrogens is 412 g/mol. The second-order valence-electron chi connectivity index (χ2n) is 8.66. The molecule has 0 spiro atoms. The largest absolute Gasteiger partial charge is 0.256 e. The van der Waals surface area contributed by atoms with Crippen molar-refractivity contribution in [3.63, 3.8) is 0 Å². The summed E-state index contributed by atoms with van der Waals surface area (Å²) in [6, 6.07) is 38.9. The molecule has 7 rings (SSSR count). The van der Waals surface area contributed by atoms with E-state index in [0.29, 0.717) is 0 Å². The fourth-order valence-electron chi connectivity index (χ4n) is 5.19. The number of benzene rings is 5. The molecule has 34 heavy (non-hydrogen) atoms. The van der Waals surface area contributed by atoms with Gasteiger partial charge >= 0.3 is 0 Å². The normalized spacial score (nSPS) is 11.5. The van der Waals surface area contributed by atoms with Gasteiger partial charge in [-0.15, -0.1) is 0 Å². The zero-order valence-corrected chi connectivity index (χ0v) is 18.4. The first-order chi connectivity index (χ1) is 16.9. The molecule has 0 bridgehead atoms. The number of aromatic nitrogens is 2. The van der Waals surface area contributed by atoms with E-state index in [0.717, 1.165) is 21.8 Å². The van der Waals surface area contributed by atoms with E-state index in [-0.39, 0.29) is 0 Å². The van der Waals surface area contributed by atoms with E-state index in [2.05, 4.69) is 107 Å². The summed E-state index contributed by atoms with van der Waals surface area (Å²) in [6.07, 6.45) is 3.72. The van der Waals surface area contributed by atoms with Gasteiger partial charge in [-0.2, -0.15) is 0 Å². The maximum absolute atomic E-state index is 4.61. The van der Waals surface area contributed by atoms with Gasteiger partial charge in [-0.3, -0.25) is 9.97 Å². The summed E-state index contributed by atoms with van der Waals surface area (Å²) in [6.45, 7) is 0. The van der Waals surface area contributed by atoms with Gasteiger partial charge in [-0.1, -0.05) is 84.9 Å². The second kappa shape index (κ2) is 7.50. The van der Waals surface area contributed by atoms with Gasteiger partial charge in [0.25, 0.3) is 0 Å². The van der Waals surface area contributed by atoms with Crippen LogP contribution in [0.5, 0.6) is 0 Å². The molecule has 0 aliphatic heterocycles. The molecule has 0 aliphatic rings. The van der Waals surface area contributed by atoms with Gasteiger partial charge in [-0.25, -0.2) is 0 Å². The lowest BCUT2D eigenvalue weighted by molar-refractivity contribution is 1.41. The van der Waals surface area contributed by atoms with E-state index in [1.807, 2.05) is 24.5 Å². The highest BCUT2D eigenvalue weighted by molar-refractivity contribution is 6.21. The number of nitrogens with zero attached hydrogens (tertiary/aromatic N) is 2. The minimum Gasteiger partial charge on any atom is -0.256 e. The van der Waals surface area contributed by atoms with E-state index in [1.165, 1.54) is 43.8 Å². The van der Waals surface area contributed by atoms with Crippen LogP contribution in [0.4, 0.5) is 0 Å². The zero-order chi connectivity index (χ0) is 22.5. The third-order valence-corrected chi connectivity index (χ3v) is 6.72. The SMILES string of the molecule is c1cnc2cc(-c3c4ccccc4c(-c4ccc5cccnc5c4)c4ccccc34)ccc2c1. The fraction of sp³-hybridized carbons (Fsp3) is 0. The highest BCUT2D eigenvalue weighted by atomic mass is 14.6. The third-order valence-electron chi connectivity index (χ3n) is 6.72. The first-order valence-corrected chi connectivity index (χ1v) is 11.5. The van der Waals surface area contributed by atoms with Gasteiger partial charge in [0.2, 0.25) is 0 Å². The molecule has 0 saturated carbocycles. The summed E-state index contributed by atoms with van der Waals surface area (Å²) in [4.78, 5) is 9.23. The van der Waals surface area contributed by atoms with E-state index >= 15 is 0 Å². The minimum atomic E-state index is 1.01. The Morgan fingerprint density at radius 2 is 0.794 bits per heavy atom. The molecule has 158 valence electrons. The van der Waals surface area contributed by atoms with Crippen LogP contribution in [0.2, 0.25) is 0 Å². The Bertz CT molecular complexity index is 1670. The van der Waals surface area contributed by atoms with E-state index < -0.39 is 0 Å². The minimum absolute atomic E-state index is 1.01. The van der Waals surface area contributed by atoms with Gasteiger partial charge in [0.15, 0.2) is 0 Å². The molecule has 0 atom stereocenters. The Morgan fingerprint density at radius 3 is 1.21 bits per heavy atom. The van der Waals surface area contributed by atoms with Crippen LogP contribution in [-0.4, -0.2) is 9.97 Å². The molecule has 0 saturated heterocycles. The van der Waals surface area contributed by atoms with Crippen molar-refractivity contribution in [1.29, 1.82) is 0 Å². The average molecular weight is 433 g/mol. The maximum atomic E-state index is 4.61. The van der Waals surface area contributed by atoms with Crippen molar-refractivity contribution in [2.75, 3.05) is 0 Å². The number of fused-ring (bicyclic) bond motifs is 4. The van der Waals surface area contributed by atoms with Crippen molar-refractivity contribution in [3.05, 3.63) is 122 Å². The molecule has 2 heteroatoms. The van der Waals surface area contributed by atoms with Crippen molar-refractivity contribution < 1.29 is 0 Å². The lowest BCUT2D eigenvalue weighted by Crippen LogP contribution is -1.91. The molecule has 0 N–H and O–H groups in total. The van der Waals surface area contributed by atoms with Crippen LogP contribution in [0, 0.1) is 0 Å². The van der Waals surface area contributed by atoms with Crippen LogP contribution in [0.3, 0.4) is 0 Å². The van der Waals surface area contributed by atoms with Crippen LogP contribution in [0.1, 0.15) is 0 Å². The number of hydrogen-bond acceptors (Lipinski definition) is 2. The fourth-order valence-corrected chi connectivity index (χ4v) is 5.19. The monoisotopic (exact) mass is 432 g/mol. The lowest BCUT2D eigenvalue weighted by atomic mass is 9.85. The number of hydrogen-bond donors (Lipinski definition) is 0. The molecule has 0 aliphatic carbocycles. The Hall–Kier alpha value is -4.56. The number of pyridine rings is 2. The molecule has 0 radical (unpaired) electrons. The standard InChI is InChI=1S/C32H20N2/c1-2-10-26-25(9-1)31(23-15-13-21-7-5-17-33-29(21)19-23)27-11-3-4-12-28(27)32(26)24-16-14-22-8-6-18-34-30(22)20-24/h1-20H. The van der Waals surface area contributed by atoms with E-state index in [9.17, 15) is 0 Å². The van der Waals surface area contributed by atoms with Crippen molar-refractivity contribution >= 4 is 43.4 Å². The Balaban J connectivity index is 1.61. The van der Waals surface area contributed by atoms with Crippen molar-refractivity contribution in [3.8, 4) is 22.3 Å². The van der Waals surface area contributed by atoms with Gasteiger partial charge in [0.1, 0.15) is 0 Å². The maximum Gasteiger partial charge on any atom is 0.0708 e. The molecule has 0 amide bonds. The van der Waals surface area contributed by atoms with Gasteiger partial charge in [0, 0.05) is 23.2 Å². The summed E-state index contributed by atoms with van der Waals surface area (Å²) in [5, 5.41) is 7.28. The molecule has 0 unspecified atom stereocenters. The summed E-state index contributed by atoms with van der Waals surface area (Å²) in [7, 11) is 0. The summed E-state index contributed by atoms with van der Waals surface area (Å²) in [5.41, 5.74) is 6.90. The van der Waals surface area contributed by atoms with Crippen LogP contribution < -0.4 is 0 Å². The first-order valence-electron chi connectivity index (χ1n) is 11.5. The predicted molar refractivity (Wildman–Crippen MR) is 143 cm³/mol. The molecule has 0 fully saturated rings. The van der Waals surface area contributed by atoms with E-state index in [1.54, 1.807) is 0 Å². The first kappa shape index (κ1) is 19.0. The lowest BCUT2D eigenvalue weighted by Gasteiger charge is -2.18. The van der Waals surface area contributed by atoms with E-state index in [4.69, 9.17) is 0 Å². The smallest absolute Gasteiger partial charge is 0.0708 e. The van der Waals surface area contributed by atoms with Gasteiger partial charge < -0.3 is 0 Å². The number of rotatable bonds is 2. The Labute approximate surface area is 197 Å². The summed E-state index contributed by atoms with van der Waals surface area (Å²) in [5.74, 6) is 0. The summed E-state index contributed by atoms with van der Waals surface area (Å²) < 4.78 is 0. The van der Waals surface area contributed by atoms with Crippen molar-refractivity contribution in [2.24, 2.45) is 0 Å². The Morgan fingerprint density at radius 1 is 0.382 bits per heavy atom. The van der Waals surface area contributed by atoms with Gasteiger partial charge in [-0.05, 0) is 68.1 Å². The molecule has 2 aromatic heterocycles. The van der Waals surface area contributed by atoms with Gasteiger partial charge in [0.05, 0.1) is 11.0 Å². The zero-order valence-electron chi connectivity index (χ0n) is 18.4. The Kier molecular flexibility index (Phi) is 4.18. The quantitative estimate of drug-likeness (QED) is 0.256. The van der Waals surface area contributed by atoms with Crippen LogP contribution >= 0.6 is 0 Å². The molecular formula is C32H20N2. The molecule has 7 aromatic rings. The highest BCUT2D eigenvalue weighted by Gasteiger charge is 2.17. The van der Waals surface area contributed by atoms with Crippen LogP contribution in [0.25, 0.3) is 65.6 Å². The predicted octanol–water partition coefficient (Wildman–Crippen LogP) is 8.42. The molecule has 2 heterocycles. The molecule has 2 nitrogen and oxygen atoms in total. The average Bonchev–Trinajstić information content (AvgIpc) is 2.91. The highest BCUT2D eigenvalue weighted by Crippen LogP contribution is 2.44. The van der Waals surface area contributed by atoms with Crippen LogP contribution in [-0.2, 0) is 0 Å². The second-order valence-corrected chi connectivity index (χ2v) is 8.66. The molecule has 5 aromatic carbocycles.